The van der Waals surface area contributed by atoms with E-state index in [2.05, 4.69) is 20.7 Å². The van der Waals surface area contributed by atoms with Crippen LogP contribution in [0.25, 0.3) is 0 Å². The Morgan fingerprint density at radius 3 is 2.39 bits per heavy atom. The third kappa shape index (κ3) is 3.77. The van der Waals surface area contributed by atoms with Crippen molar-refractivity contribution in [3.8, 4) is 0 Å². The Kier molecular flexibility index (Phi) is 4.99. The molecule has 1 rings (SSSR count). The van der Waals surface area contributed by atoms with Crippen LogP contribution in [0.1, 0.15) is 26.3 Å². The molecule has 0 saturated heterocycles. The molecule has 0 fully saturated rings. The average molecular weight is 356 g/mol. The van der Waals surface area contributed by atoms with Gasteiger partial charge in [-0.15, -0.1) is 11.3 Å². The quantitative estimate of drug-likeness (QED) is 0.871. The largest absolute Gasteiger partial charge is 0.395 e. The Bertz CT molecular complexity index is 497. The normalized spacial score (nSPS) is 14.8. The van der Waals surface area contributed by atoms with Gasteiger partial charge in [-0.3, -0.25) is 0 Å². The molecule has 0 unspecified atom stereocenters. The van der Waals surface area contributed by atoms with E-state index in [0.29, 0.717) is 0 Å². The summed E-state index contributed by atoms with van der Waals surface area (Å²) in [5.74, 6) is 0. The number of sulfonamides is 1. The third-order valence-corrected chi connectivity index (χ3v) is 6.71. The minimum absolute atomic E-state index is 0.228. The smallest absolute Gasteiger partial charge is 0.250 e. The first-order valence-electron chi connectivity index (χ1n) is 5.47. The van der Waals surface area contributed by atoms with Gasteiger partial charge in [-0.25, -0.2) is 13.1 Å². The summed E-state index contributed by atoms with van der Waals surface area (Å²) in [6.45, 7) is 7.26. The lowest BCUT2D eigenvalue weighted by Crippen LogP contribution is -2.45. The zero-order chi connectivity index (χ0) is 14.1. The van der Waals surface area contributed by atoms with Crippen LogP contribution < -0.4 is 4.72 Å². The van der Waals surface area contributed by atoms with Crippen LogP contribution in [0.15, 0.2) is 14.1 Å². The van der Waals surface area contributed by atoms with E-state index < -0.39 is 16.1 Å². The number of aliphatic hydroxyl groups excluding tert-OH is 1. The van der Waals surface area contributed by atoms with E-state index in [1.165, 1.54) is 11.3 Å². The molecule has 0 radical (unpaired) electrons. The average Bonchev–Trinajstić information content (AvgIpc) is 2.55. The summed E-state index contributed by atoms with van der Waals surface area (Å²) in [7, 11) is -3.58. The van der Waals surface area contributed by atoms with Gasteiger partial charge in [-0.2, -0.15) is 0 Å². The SMILES string of the molecule is Cc1cc(S(=O)(=O)N[C@H](CO)C(C)(C)C)sc1Br. The molecule has 0 spiro atoms. The van der Waals surface area contributed by atoms with Crippen LogP contribution in [0.5, 0.6) is 0 Å². The highest BCUT2D eigenvalue weighted by Gasteiger charge is 2.30. The van der Waals surface area contributed by atoms with Crippen molar-refractivity contribution in [3.63, 3.8) is 0 Å². The van der Waals surface area contributed by atoms with E-state index in [1.807, 2.05) is 27.7 Å². The molecule has 0 aliphatic heterocycles. The van der Waals surface area contributed by atoms with Crippen LogP contribution in [0.3, 0.4) is 0 Å². The van der Waals surface area contributed by atoms with Gasteiger partial charge in [0.1, 0.15) is 4.21 Å². The summed E-state index contributed by atoms with van der Waals surface area (Å²) < 4.78 is 28.0. The van der Waals surface area contributed by atoms with Crippen molar-refractivity contribution in [3.05, 3.63) is 15.4 Å². The molecule has 18 heavy (non-hydrogen) atoms. The minimum atomic E-state index is -3.58. The summed E-state index contributed by atoms with van der Waals surface area (Å²) in [5.41, 5.74) is 0.544. The second kappa shape index (κ2) is 5.58. The fourth-order valence-corrected chi connectivity index (χ4v) is 4.97. The van der Waals surface area contributed by atoms with Gasteiger partial charge in [0.05, 0.1) is 16.4 Å². The molecule has 0 aromatic carbocycles. The maximum absolute atomic E-state index is 12.2. The number of hydrogen-bond donors (Lipinski definition) is 2. The second-order valence-corrected chi connectivity index (χ2v) is 9.56. The molecule has 0 aliphatic carbocycles. The first-order valence-corrected chi connectivity index (χ1v) is 8.56. The van der Waals surface area contributed by atoms with Gasteiger partial charge in [0.2, 0.25) is 10.0 Å². The fraction of sp³-hybridized carbons (Fsp3) is 0.636. The Labute approximate surface area is 121 Å². The van der Waals surface area contributed by atoms with E-state index >= 15 is 0 Å². The van der Waals surface area contributed by atoms with E-state index in [9.17, 15) is 13.5 Å². The Balaban J connectivity index is 3.01. The van der Waals surface area contributed by atoms with Crippen LogP contribution in [0, 0.1) is 12.3 Å². The highest BCUT2D eigenvalue weighted by atomic mass is 79.9. The van der Waals surface area contributed by atoms with Crippen molar-refractivity contribution >= 4 is 37.3 Å². The number of halogens is 1. The van der Waals surface area contributed by atoms with Gasteiger partial charge in [-0.05, 0) is 39.9 Å². The molecule has 0 bridgehead atoms. The molecule has 1 aromatic heterocycles. The zero-order valence-corrected chi connectivity index (χ0v) is 14.0. The van der Waals surface area contributed by atoms with Gasteiger partial charge in [0.25, 0.3) is 0 Å². The Morgan fingerprint density at radius 1 is 1.50 bits per heavy atom. The molecule has 104 valence electrons. The summed E-state index contributed by atoms with van der Waals surface area (Å²) >= 11 is 4.48. The maximum Gasteiger partial charge on any atom is 0.250 e. The lowest BCUT2D eigenvalue weighted by molar-refractivity contribution is 0.177. The van der Waals surface area contributed by atoms with Gasteiger partial charge in [0, 0.05) is 0 Å². The molecule has 1 heterocycles. The highest BCUT2D eigenvalue weighted by Crippen LogP contribution is 2.31. The molecule has 0 saturated carbocycles. The van der Waals surface area contributed by atoms with E-state index in [1.54, 1.807) is 6.07 Å². The number of nitrogens with one attached hydrogen (secondary N) is 1. The highest BCUT2D eigenvalue weighted by molar-refractivity contribution is 9.11. The Morgan fingerprint density at radius 2 is 2.06 bits per heavy atom. The molecule has 1 atom stereocenters. The predicted octanol–water partition coefficient (Wildman–Crippen LogP) is 2.50. The molecular weight excluding hydrogens is 338 g/mol. The summed E-state index contributed by atoms with van der Waals surface area (Å²) in [6, 6.07) is 1.11. The van der Waals surface area contributed by atoms with Crippen LogP contribution in [-0.4, -0.2) is 26.2 Å². The van der Waals surface area contributed by atoms with Crippen molar-refractivity contribution in [2.45, 2.75) is 37.9 Å². The lowest BCUT2D eigenvalue weighted by Gasteiger charge is -2.29. The van der Waals surface area contributed by atoms with Gasteiger partial charge < -0.3 is 5.11 Å². The predicted molar refractivity (Wildman–Crippen MR) is 77.4 cm³/mol. The third-order valence-electron chi connectivity index (χ3n) is 2.62. The molecule has 2 N–H and O–H groups in total. The van der Waals surface area contributed by atoms with Crippen molar-refractivity contribution in [1.29, 1.82) is 0 Å². The van der Waals surface area contributed by atoms with Crippen molar-refractivity contribution in [2.75, 3.05) is 6.61 Å². The number of aryl methyl sites for hydroxylation is 1. The number of aliphatic hydroxyl groups is 1. The van der Waals surface area contributed by atoms with E-state index in [4.69, 9.17) is 0 Å². The standard InChI is InChI=1S/C11H18BrNO3S2/c1-7-5-9(17-10(7)12)18(15,16)13-8(6-14)11(2,3)4/h5,8,13-14H,6H2,1-4H3/t8-/m1/s1. The first kappa shape index (κ1) is 16.1. The molecule has 0 amide bonds. The fourth-order valence-electron chi connectivity index (χ4n) is 1.30. The molecular formula is C11H18BrNO3S2. The topological polar surface area (TPSA) is 66.4 Å². The van der Waals surface area contributed by atoms with Gasteiger partial charge in [0.15, 0.2) is 0 Å². The number of rotatable bonds is 4. The maximum atomic E-state index is 12.2. The van der Waals surface area contributed by atoms with E-state index in [-0.39, 0.29) is 16.2 Å². The van der Waals surface area contributed by atoms with Crippen molar-refractivity contribution < 1.29 is 13.5 Å². The van der Waals surface area contributed by atoms with Crippen LogP contribution >= 0.6 is 27.3 Å². The lowest BCUT2D eigenvalue weighted by atomic mass is 9.88. The van der Waals surface area contributed by atoms with Crippen molar-refractivity contribution in [2.24, 2.45) is 5.41 Å². The van der Waals surface area contributed by atoms with Crippen molar-refractivity contribution in [1.82, 2.24) is 4.72 Å². The van der Waals surface area contributed by atoms with Gasteiger partial charge >= 0.3 is 0 Å². The van der Waals surface area contributed by atoms with Gasteiger partial charge in [-0.1, -0.05) is 20.8 Å². The van der Waals surface area contributed by atoms with Crippen LogP contribution in [-0.2, 0) is 10.0 Å². The molecule has 4 nitrogen and oxygen atoms in total. The molecule has 7 heteroatoms. The minimum Gasteiger partial charge on any atom is -0.395 e. The zero-order valence-electron chi connectivity index (χ0n) is 10.8. The number of hydrogen-bond acceptors (Lipinski definition) is 4. The summed E-state index contributed by atoms with van der Waals surface area (Å²) in [4.78, 5) is 0. The van der Waals surface area contributed by atoms with Crippen LogP contribution in [0.4, 0.5) is 0 Å². The Hall–Kier alpha value is 0.0500. The van der Waals surface area contributed by atoms with Crippen LogP contribution in [0.2, 0.25) is 0 Å². The number of thiophene rings is 1. The summed E-state index contributed by atoms with van der Waals surface area (Å²) in [5, 5.41) is 9.30. The summed E-state index contributed by atoms with van der Waals surface area (Å²) in [6.07, 6.45) is 0. The molecule has 0 aliphatic rings. The molecule has 1 aromatic rings. The monoisotopic (exact) mass is 355 g/mol. The second-order valence-electron chi connectivity index (χ2n) is 5.24. The van der Waals surface area contributed by atoms with E-state index in [0.717, 1.165) is 9.35 Å². The first-order chi connectivity index (χ1) is 8.08.